The summed E-state index contributed by atoms with van der Waals surface area (Å²) in [5.41, 5.74) is 5.41. The molecular weight excluding hydrogens is 218 g/mol. The van der Waals surface area contributed by atoms with E-state index in [2.05, 4.69) is 17.2 Å². The van der Waals surface area contributed by atoms with Gasteiger partial charge in [-0.25, -0.2) is 4.98 Å². The first-order valence-corrected chi connectivity index (χ1v) is 5.81. The third-order valence-electron chi connectivity index (χ3n) is 3.00. The number of amides is 1. The molecule has 1 aromatic rings. The van der Waals surface area contributed by atoms with Crippen molar-refractivity contribution in [2.45, 2.75) is 19.4 Å². The largest absolute Gasteiger partial charge is 0.473 e. The van der Waals surface area contributed by atoms with E-state index in [-0.39, 0.29) is 11.8 Å². The van der Waals surface area contributed by atoms with Gasteiger partial charge in [-0.2, -0.15) is 0 Å². The average molecular weight is 235 g/mol. The smallest absolute Gasteiger partial charge is 0.267 e. The maximum absolute atomic E-state index is 11.0. The summed E-state index contributed by atoms with van der Waals surface area (Å²) in [5.74, 6) is 0.405. The molecule has 0 spiro atoms. The number of primary amides is 1. The lowest BCUT2D eigenvalue weighted by molar-refractivity contribution is 0.0981. The Morgan fingerprint density at radius 2 is 2.41 bits per heavy atom. The Morgan fingerprint density at radius 3 is 3.12 bits per heavy atom. The fraction of sp³-hybridized carbons (Fsp3) is 0.500. The van der Waals surface area contributed by atoms with Crippen molar-refractivity contribution >= 4 is 5.91 Å². The van der Waals surface area contributed by atoms with Crippen molar-refractivity contribution in [2.24, 2.45) is 11.7 Å². The number of carbonyl (C=O) groups excluding carboxylic acids is 1. The summed E-state index contributed by atoms with van der Waals surface area (Å²) in [7, 11) is 0. The molecule has 1 aromatic heterocycles. The molecule has 5 nitrogen and oxygen atoms in total. The minimum atomic E-state index is -0.537. The van der Waals surface area contributed by atoms with Gasteiger partial charge in [0.2, 0.25) is 5.88 Å². The Morgan fingerprint density at radius 1 is 1.59 bits per heavy atom. The number of carbonyl (C=O) groups is 1. The second-order valence-corrected chi connectivity index (χ2v) is 4.35. The van der Waals surface area contributed by atoms with Crippen molar-refractivity contribution < 1.29 is 9.53 Å². The molecule has 5 heteroatoms. The van der Waals surface area contributed by atoms with Crippen LogP contribution >= 0.6 is 0 Å². The van der Waals surface area contributed by atoms with Gasteiger partial charge in [-0.15, -0.1) is 0 Å². The maximum Gasteiger partial charge on any atom is 0.267 e. The van der Waals surface area contributed by atoms with Crippen LogP contribution < -0.4 is 15.8 Å². The molecule has 0 aromatic carbocycles. The number of pyridine rings is 1. The summed E-state index contributed by atoms with van der Waals surface area (Å²) in [6.07, 6.45) is 1.18. The highest BCUT2D eigenvalue weighted by Gasteiger charge is 2.23. The predicted octanol–water partition coefficient (Wildman–Crippen LogP) is 0.557. The quantitative estimate of drug-likeness (QED) is 0.802. The minimum absolute atomic E-state index is 0.0966. The Labute approximate surface area is 100 Å². The van der Waals surface area contributed by atoms with E-state index in [1.165, 1.54) is 0 Å². The van der Waals surface area contributed by atoms with Crippen LogP contribution in [0.5, 0.6) is 5.88 Å². The molecule has 1 fully saturated rings. The number of piperidine rings is 1. The van der Waals surface area contributed by atoms with Gasteiger partial charge in [0.1, 0.15) is 11.8 Å². The second kappa shape index (κ2) is 5.14. The number of hydrogen-bond donors (Lipinski definition) is 2. The molecule has 0 radical (unpaired) electrons. The van der Waals surface area contributed by atoms with Crippen molar-refractivity contribution in [1.29, 1.82) is 0 Å². The molecule has 0 aliphatic carbocycles. The van der Waals surface area contributed by atoms with Gasteiger partial charge in [0, 0.05) is 12.6 Å². The molecule has 1 aliphatic heterocycles. The van der Waals surface area contributed by atoms with Crippen LogP contribution in [0.15, 0.2) is 18.2 Å². The fourth-order valence-corrected chi connectivity index (χ4v) is 1.89. The molecule has 1 amide bonds. The van der Waals surface area contributed by atoms with Gasteiger partial charge in [0.25, 0.3) is 5.91 Å². The Balaban J connectivity index is 2.07. The fourth-order valence-electron chi connectivity index (χ4n) is 1.89. The van der Waals surface area contributed by atoms with Gasteiger partial charge in [-0.05, 0) is 24.9 Å². The van der Waals surface area contributed by atoms with E-state index in [0.29, 0.717) is 11.8 Å². The van der Waals surface area contributed by atoms with Crippen molar-refractivity contribution in [3.63, 3.8) is 0 Å². The van der Waals surface area contributed by atoms with Gasteiger partial charge >= 0.3 is 0 Å². The zero-order valence-electron chi connectivity index (χ0n) is 9.85. The first-order chi connectivity index (χ1) is 8.16. The highest BCUT2D eigenvalue weighted by atomic mass is 16.5. The first kappa shape index (κ1) is 11.9. The molecule has 2 atom stereocenters. The van der Waals surface area contributed by atoms with Gasteiger partial charge in [0.05, 0.1) is 0 Å². The summed E-state index contributed by atoms with van der Waals surface area (Å²) in [6, 6.07) is 5.05. The predicted molar refractivity (Wildman–Crippen MR) is 63.8 cm³/mol. The molecule has 3 N–H and O–H groups in total. The van der Waals surface area contributed by atoms with Crippen molar-refractivity contribution in [2.75, 3.05) is 13.1 Å². The molecular formula is C12H17N3O2. The maximum atomic E-state index is 11.0. The number of nitrogens with zero attached hydrogens (tertiary/aromatic N) is 1. The van der Waals surface area contributed by atoms with Crippen LogP contribution in [-0.2, 0) is 0 Å². The molecule has 0 saturated carbocycles. The number of rotatable bonds is 3. The van der Waals surface area contributed by atoms with E-state index < -0.39 is 5.91 Å². The van der Waals surface area contributed by atoms with E-state index in [0.717, 1.165) is 19.5 Å². The van der Waals surface area contributed by atoms with E-state index in [1.807, 2.05) is 0 Å². The SMILES string of the molecule is CC1CCNCC1Oc1cccc(C(N)=O)n1. The summed E-state index contributed by atoms with van der Waals surface area (Å²) >= 11 is 0. The molecule has 2 unspecified atom stereocenters. The molecule has 17 heavy (non-hydrogen) atoms. The highest BCUT2D eigenvalue weighted by molar-refractivity contribution is 5.90. The lowest BCUT2D eigenvalue weighted by atomic mass is 9.97. The molecule has 1 saturated heterocycles. The summed E-state index contributed by atoms with van der Waals surface area (Å²) in [6.45, 7) is 3.99. The van der Waals surface area contributed by atoms with E-state index in [9.17, 15) is 4.79 Å². The van der Waals surface area contributed by atoms with E-state index in [1.54, 1.807) is 18.2 Å². The molecule has 1 aliphatic rings. The van der Waals surface area contributed by atoms with Crippen LogP contribution in [0, 0.1) is 5.92 Å². The van der Waals surface area contributed by atoms with Gasteiger partial charge in [-0.3, -0.25) is 4.79 Å². The van der Waals surface area contributed by atoms with Crippen LogP contribution in [0.4, 0.5) is 0 Å². The molecule has 0 bridgehead atoms. The topological polar surface area (TPSA) is 77.2 Å². The van der Waals surface area contributed by atoms with Gasteiger partial charge in [-0.1, -0.05) is 13.0 Å². The molecule has 2 rings (SSSR count). The third kappa shape index (κ3) is 2.94. The first-order valence-electron chi connectivity index (χ1n) is 5.81. The standard InChI is InChI=1S/C12H17N3O2/c1-8-5-6-14-7-10(8)17-11-4-2-3-9(15-11)12(13)16/h2-4,8,10,14H,5-7H2,1H3,(H2,13,16). The lowest BCUT2D eigenvalue weighted by Gasteiger charge is -2.29. The number of nitrogens with two attached hydrogens (primary N) is 1. The highest BCUT2D eigenvalue weighted by Crippen LogP contribution is 2.18. The van der Waals surface area contributed by atoms with Crippen LogP contribution in [0.1, 0.15) is 23.8 Å². The third-order valence-corrected chi connectivity index (χ3v) is 3.00. The van der Waals surface area contributed by atoms with Gasteiger partial charge in [0.15, 0.2) is 0 Å². The van der Waals surface area contributed by atoms with Crippen LogP contribution in [0.3, 0.4) is 0 Å². The lowest BCUT2D eigenvalue weighted by Crippen LogP contribution is -2.43. The van der Waals surface area contributed by atoms with E-state index >= 15 is 0 Å². The Bertz CT molecular complexity index is 408. The number of nitrogens with one attached hydrogen (secondary N) is 1. The van der Waals surface area contributed by atoms with Gasteiger partial charge < -0.3 is 15.8 Å². The summed E-state index contributed by atoms with van der Waals surface area (Å²) in [4.78, 5) is 15.1. The molecule has 92 valence electrons. The zero-order chi connectivity index (χ0) is 12.3. The second-order valence-electron chi connectivity index (χ2n) is 4.35. The van der Waals surface area contributed by atoms with Crippen LogP contribution in [0.25, 0.3) is 0 Å². The minimum Gasteiger partial charge on any atom is -0.473 e. The zero-order valence-corrected chi connectivity index (χ0v) is 9.85. The summed E-state index contributed by atoms with van der Waals surface area (Å²) < 4.78 is 5.78. The van der Waals surface area contributed by atoms with Crippen molar-refractivity contribution in [3.05, 3.63) is 23.9 Å². The Hall–Kier alpha value is -1.62. The summed E-state index contributed by atoms with van der Waals surface area (Å²) in [5, 5.41) is 3.28. The Kier molecular flexibility index (Phi) is 3.58. The monoisotopic (exact) mass is 235 g/mol. The number of hydrogen-bond acceptors (Lipinski definition) is 4. The van der Waals surface area contributed by atoms with Crippen LogP contribution in [0.2, 0.25) is 0 Å². The van der Waals surface area contributed by atoms with Crippen molar-refractivity contribution in [3.8, 4) is 5.88 Å². The molecule has 2 heterocycles. The normalized spacial score (nSPS) is 24.3. The van der Waals surface area contributed by atoms with E-state index in [4.69, 9.17) is 10.5 Å². The average Bonchev–Trinajstić information content (AvgIpc) is 2.32. The van der Waals surface area contributed by atoms with Crippen LogP contribution in [-0.4, -0.2) is 30.1 Å². The number of aromatic nitrogens is 1. The number of ether oxygens (including phenoxy) is 1. The van der Waals surface area contributed by atoms with Crippen molar-refractivity contribution in [1.82, 2.24) is 10.3 Å².